The molecule has 1 aromatic rings. The molecule has 128 valence electrons. The van der Waals surface area contributed by atoms with Crippen LogP contribution in [0.1, 0.15) is 65.9 Å². The van der Waals surface area contributed by atoms with Gasteiger partial charge in [0.1, 0.15) is 17.5 Å². The van der Waals surface area contributed by atoms with Crippen LogP contribution in [0.2, 0.25) is 0 Å². The predicted octanol–water partition coefficient (Wildman–Crippen LogP) is 4.55. The molecule has 0 saturated heterocycles. The smallest absolute Gasteiger partial charge is 0.217 e. The van der Waals surface area contributed by atoms with Crippen LogP contribution in [0.5, 0.6) is 5.88 Å². The number of hydrogen-bond donors (Lipinski definition) is 2. The number of nitrogens with zero attached hydrogens (tertiary/aromatic N) is 2. The predicted molar refractivity (Wildman–Crippen MR) is 96.1 cm³/mol. The Labute approximate surface area is 140 Å². The van der Waals surface area contributed by atoms with Crippen LogP contribution >= 0.6 is 0 Å². The number of rotatable bonds is 10. The maximum atomic E-state index is 9.48. The second kappa shape index (κ2) is 9.94. The summed E-state index contributed by atoms with van der Waals surface area (Å²) >= 11 is 0. The molecule has 1 rings (SSSR count). The zero-order chi connectivity index (χ0) is 17.2. The van der Waals surface area contributed by atoms with Crippen LogP contribution in [-0.2, 0) is 0 Å². The summed E-state index contributed by atoms with van der Waals surface area (Å²) in [7, 11) is 0. The summed E-state index contributed by atoms with van der Waals surface area (Å²) in [6, 6.07) is 4.49. The van der Waals surface area contributed by atoms with Crippen LogP contribution in [0.15, 0.2) is 6.07 Å². The van der Waals surface area contributed by atoms with Crippen LogP contribution in [-0.4, -0.2) is 23.7 Å². The molecule has 0 aliphatic rings. The van der Waals surface area contributed by atoms with E-state index in [0.717, 1.165) is 12.1 Å². The summed E-state index contributed by atoms with van der Waals surface area (Å²) in [6.45, 7) is 11.0. The van der Waals surface area contributed by atoms with Gasteiger partial charge in [0.25, 0.3) is 0 Å². The highest BCUT2D eigenvalue weighted by molar-refractivity contribution is 5.70. The average Bonchev–Trinajstić information content (AvgIpc) is 2.45. The first-order valence-electron chi connectivity index (χ1n) is 8.58. The minimum absolute atomic E-state index is 0.196. The van der Waals surface area contributed by atoms with E-state index in [1.165, 1.54) is 19.3 Å². The molecule has 0 spiro atoms. The first kappa shape index (κ1) is 19.1. The van der Waals surface area contributed by atoms with Crippen molar-refractivity contribution in [3.8, 4) is 11.9 Å². The Hall–Kier alpha value is -1.96. The molecule has 1 aromatic heterocycles. The van der Waals surface area contributed by atoms with Crippen LogP contribution < -0.4 is 15.4 Å². The molecular weight excluding hydrogens is 288 g/mol. The van der Waals surface area contributed by atoms with E-state index in [4.69, 9.17) is 4.74 Å². The third-order valence-electron chi connectivity index (χ3n) is 3.23. The SMILES string of the molecule is CCCCCCOc1cc(NC(C)C)c(C#N)c(NC(C)C)n1. The van der Waals surface area contributed by atoms with E-state index in [1.807, 2.05) is 33.8 Å². The summed E-state index contributed by atoms with van der Waals surface area (Å²) in [5, 5.41) is 16.0. The molecule has 5 nitrogen and oxygen atoms in total. The number of unbranched alkanes of at least 4 members (excludes halogenated alkanes) is 3. The third-order valence-corrected chi connectivity index (χ3v) is 3.23. The van der Waals surface area contributed by atoms with Crippen molar-refractivity contribution in [3.63, 3.8) is 0 Å². The number of pyridine rings is 1. The second-order valence-corrected chi connectivity index (χ2v) is 6.35. The Bertz CT molecular complexity index is 489. The Morgan fingerprint density at radius 3 is 2.39 bits per heavy atom. The molecule has 0 fully saturated rings. The highest BCUT2D eigenvalue weighted by atomic mass is 16.5. The Balaban J connectivity index is 2.94. The fourth-order valence-corrected chi connectivity index (χ4v) is 2.22. The van der Waals surface area contributed by atoms with Crippen molar-refractivity contribution < 1.29 is 4.74 Å². The lowest BCUT2D eigenvalue weighted by Crippen LogP contribution is -2.16. The van der Waals surface area contributed by atoms with E-state index >= 15 is 0 Å². The number of nitrogens with one attached hydrogen (secondary N) is 2. The van der Waals surface area contributed by atoms with E-state index in [-0.39, 0.29) is 12.1 Å². The number of aromatic nitrogens is 1. The number of ether oxygens (including phenoxy) is 1. The van der Waals surface area contributed by atoms with Gasteiger partial charge < -0.3 is 15.4 Å². The molecule has 0 aliphatic heterocycles. The maximum absolute atomic E-state index is 9.48. The lowest BCUT2D eigenvalue weighted by atomic mass is 10.2. The number of hydrogen-bond acceptors (Lipinski definition) is 5. The van der Waals surface area contributed by atoms with Gasteiger partial charge in [0, 0.05) is 18.2 Å². The van der Waals surface area contributed by atoms with Gasteiger partial charge in [-0.15, -0.1) is 0 Å². The Morgan fingerprint density at radius 1 is 1.13 bits per heavy atom. The topological polar surface area (TPSA) is 70.0 Å². The highest BCUT2D eigenvalue weighted by Crippen LogP contribution is 2.28. The van der Waals surface area contributed by atoms with Gasteiger partial charge in [-0.05, 0) is 34.1 Å². The molecule has 0 bridgehead atoms. The highest BCUT2D eigenvalue weighted by Gasteiger charge is 2.15. The normalized spacial score (nSPS) is 10.7. The molecule has 0 aromatic carbocycles. The lowest BCUT2D eigenvalue weighted by Gasteiger charge is -2.18. The maximum Gasteiger partial charge on any atom is 0.217 e. The van der Waals surface area contributed by atoms with E-state index in [1.54, 1.807) is 0 Å². The van der Waals surface area contributed by atoms with Crippen molar-refractivity contribution in [3.05, 3.63) is 11.6 Å². The second-order valence-electron chi connectivity index (χ2n) is 6.35. The van der Waals surface area contributed by atoms with Crippen molar-refractivity contribution in [2.24, 2.45) is 0 Å². The van der Waals surface area contributed by atoms with Gasteiger partial charge in [0.15, 0.2) is 0 Å². The molecule has 0 aliphatic carbocycles. The fourth-order valence-electron chi connectivity index (χ4n) is 2.22. The van der Waals surface area contributed by atoms with E-state index in [9.17, 15) is 5.26 Å². The molecule has 0 radical (unpaired) electrons. The largest absolute Gasteiger partial charge is 0.478 e. The molecule has 0 amide bonds. The molecule has 0 unspecified atom stereocenters. The molecular formula is C18H30N4O. The van der Waals surface area contributed by atoms with Gasteiger partial charge in [-0.1, -0.05) is 26.2 Å². The average molecular weight is 318 g/mol. The number of nitriles is 1. The summed E-state index contributed by atoms with van der Waals surface area (Å²) in [5.74, 6) is 1.14. The Morgan fingerprint density at radius 2 is 1.83 bits per heavy atom. The summed E-state index contributed by atoms with van der Waals surface area (Å²) in [4.78, 5) is 4.47. The van der Waals surface area contributed by atoms with Gasteiger partial charge in [-0.25, -0.2) is 0 Å². The minimum Gasteiger partial charge on any atom is -0.478 e. The first-order valence-corrected chi connectivity index (χ1v) is 8.58. The Kier molecular flexibility index (Phi) is 8.25. The first-order chi connectivity index (χ1) is 11.0. The van der Waals surface area contributed by atoms with Crippen LogP contribution in [0.3, 0.4) is 0 Å². The van der Waals surface area contributed by atoms with E-state index in [2.05, 4.69) is 28.6 Å². The molecule has 5 heteroatoms. The number of anilines is 2. The minimum atomic E-state index is 0.196. The van der Waals surface area contributed by atoms with Crippen LogP contribution in [0, 0.1) is 11.3 Å². The van der Waals surface area contributed by atoms with Gasteiger partial charge in [-0.3, -0.25) is 0 Å². The van der Waals surface area contributed by atoms with Crippen molar-refractivity contribution in [1.82, 2.24) is 4.98 Å². The monoisotopic (exact) mass is 318 g/mol. The standard InChI is InChI=1S/C18H30N4O/c1-6-7-8-9-10-23-17-11-16(20-13(2)3)15(12-19)18(22-17)21-14(4)5/h11,13-14H,6-10H2,1-5H3,(H2,20,21,22). The van der Waals surface area contributed by atoms with Gasteiger partial charge in [0.05, 0.1) is 12.3 Å². The van der Waals surface area contributed by atoms with Crippen LogP contribution in [0.4, 0.5) is 11.5 Å². The molecule has 1 heterocycles. The zero-order valence-corrected chi connectivity index (χ0v) is 15.1. The third kappa shape index (κ3) is 6.77. The summed E-state index contributed by atoms with van der Waals surface area (Å²) < 4.78 is 5.80. The summed E-state index contributed by atoms with van der Waals surface area (Å²) in [6.07, 6.45) is 4.63. The van der Waals surface area contributed by atoms with Crippen molar-refractivity contribution >= 4 is 11.5 Å². The van der Waals surface area contributed by atoms with E-state index in [0.29, 0.717) is 23.9 Å². The van der Waals surface area contributed by atoms with Crippen LogP contribution in [0.25, 0.3) is 0 Å². The quantitative estimate of drug-likeness (QED) is 0.619. The van der Waals surface area contributed by atoms with Crippen molar-refractivity contribution in [2.45, 2.75) is 72.4 Å². The summed E-state index contributed by atoms with van der Waals surface area (Å²) in [5.41, 5.74) is 1.30. The molecule has 2 N–H and O–H groups in total. The van der Waals surface area contributed by atoms with Gasteiger partial charge in [0.2, 0.25) is 5.88 Å². The lowest BCUT2D eigenvalue weighted by molar-refractivity contribution is 0.294. The molecule has 0 saturated carbocycles. The van der Waals surface area contributed by atoms with Crippen molar-refractivity contribution in [1.29, 1.82) is 5.26 Å². The van der Waals surface area contributed by atoms with E-state index < -0.39 is 0 Å². The van der Waals surface area contributed by atoms with Gasteiger partial charge in [-0.2, -0.15) is 10.2 Å². The fraction of sp³-hybridized carbons (Fsp3) is 0.667. The molecule has 0 atom stereocenters. The zero-order valence-electron chi connectivity index (χ0n) is 15.1. The van der Waals surface area contributed by atoms with Crippen molar-refractivity contribution in [2.75, 3.05) is 17.2 Å². The van der Waals surface area contributed by atoms with Gasteiger partial charge >= 0.3 is 0 Å². The molecule has 23 heavy (non-hydrogen) atoms.